The molecule has 0 nitrogen and oxygen atoms in total. The summed E-state index contributed by atoms with van der Waals surface area (Å²) in [5, 5.41) is 0. The first-order chi connectivity index (χ1) is 6.31. The largest absolute Gasteiger partial charge is 0.0841 e. The molecule has 1 aliphatic rings. The average Bonchev–Trinajstić information content (AvgIpc) is 2.21. The molecule has 0 saturated carbocycles. The van der Waals surface area contributed by atoms with Gasteiger partial charge in [0.05, 0.1) is 0 Å². The van der Waals surface area contributed by atoms with Crippen LogP contribution in [0.4, 0.5) is 0 Å². The van der Waals surface area contributed by atoms with Gasteiger partial charge < -0.3 is 0 Å². The van der Waals surface area contributed by atoms with Crippen LogP contribution in [0.3, 0.4) is 0 Å². The van der Waals surface area contributed by atoms with Gasteiger partial charge in [0.2, 0.25) is 0 Å². The molecule has 0 bridgehead atoms. The van der Waals surface area contributed by atoms with Crippen molar-refractivity contribution in [2.75, 3.05) is 0 Å². The molecule has 0 atom stereocenters. The van der Waals surface area contributed by atoms with Gasteiger partial charge in [0.1, 0.15) is 0 Å². The summed E-state index contributed by atoms with van der Waals surface area (Å²) in [5.41, 5.74) is 2.98. The van der Waals surface area contributed by atoms with Crippen molar-refractivity contribution in [1.29, 1.82) is 0 Å². The molecule has 0 heteroatoms. The molecule has 13 heavy (non-hydrogen) atoms. The van der Waals surface area contributed by atoms with Crippen LogP contribution >= 0.6 is 0 Å². The van der Waals surface area contributed by atoms with Crippen molar-refractivity contribution < 1.29 is 0 Å². The third-order valence-electron chi connectivity index (χ3n) is 2.89. The summed E-state index contributed by atoms with van der Waals surface area (Å²) >= 11 is 0. The van der Waals surface area contributed by atoms with Gasteiger partial charge in [0, 0.05) is 0 Å². The Bertz CT molecular complexity index is 237. The summed E-state index contributed by atoms with van der Waals surface area (Å²) < 4.78 is 0. The van der Waals surface area contributed by atoms with E-state index in [1.165, 1.54) is 24.0 Å². The molecule has 0 N–H and O–H groups in total. The van der Waals surface area contributed by atoms with Gasteiger partial charge in [-0.15, -0.1) is 0 Å². The third kappa shape index (κ3) is 2.58. The molecule has 0 saturated heterocycles. The fourth-order valence-corrected chi connectivity index (χ4v) is 1.85. The molecule has 0 amide bonds. The van der Waals surface area contributed by atoms with Crippen molar-refractivity contribution in [1.82, 2.24) is 0 Å². The molecule has 0 fully saturated rings. The van der Waals surface area contributed by atoms with Gasteiger partial charge in [-0.2, -0.15) is 0 Å². The van der Waals surface area contributed by atoms with Crippen LogP contribution in [-0.4, -0.2) is 0 Å². The second-order valence-electron chi connectivity index (χ2n) is 3.62. The van der Waals surface area contributed by atoms with Crippen LogP contribution in [0, 0.1) is 5.92 Å². The van der Waals surface area contributed by atoms with Gasteiger partial charge in [-0.25, -0.2) is 0 Å². The normalized spacial score (nSPS) is 19.7. The average molecular weight is 176 g/mol. The van der Waals surface area contributed by atoms with E-state index in [1.54, 1.807) is 0 Å². The summed E-state index contributed by atoms with van der Waals surface area (Å²) in [7, 11) is 0. The number of hydrogen-bond donors (Lipinski definition) is 0. The van der Waals surface area contributed by atoms with Gasteiger partial charge >= 0.3 is 0 Å². The summed E-state index contributed by atoms with van der Waals surface area (Å²) in [6, 6.07) is 0. The van der Waals surface area contributed by atoms with E-state index in [0.29, 0.717) is 0 Å². The molecule has 72 valence electrons. The predicted molar refractivity (Wildman–Crippen MR) is 59.7 cm³/mol. The van der Waals surface area contributed by atoms with Crippen LogP contribution in [0.2, 0.25) is 0 Å². The highest BCUT2D eigenvalue weighted by atomic mass is 14.1. The van der Waals surface area contributed by atoms with Gasteiger partial charge in [-0.05, 0) is 43.3 Å². The molecule has 1 rings (SSSR count). The lowest BCUT2D eigenvalue weighted by molar-refractivity contribution is 0.580. The molecule has 0 aromatic heterocycles. The highest BCUT2D eigenvalue weighted by Crippen LogP contribution is 2.25. The first kappa shape index (κ1) is 10.3. The minimum atomic E-state index is 0.773. The summed E-state index contributed by atoms with van der Waals surface area (Å²) in [4.78, 5) is 0. The van der Waals surface area contributed by atoms with Gasteiger partial charge in [0.25, 0.3) is 0 Å². The summed E-state index contributed by atoms with van der Waals surface area (Å²) in [6.45, 7) is 6.65. The van der Waals surface area contributed by atoms with E-state index >= 15 is 0 Å². The van der Waals surface area contributed by atoms with Crippen LogP contribution in [-0.2, 0) is 0 Å². The SMILES string of the molecule is C/C=C1\C=CC(C(CC)CC)=CC1. The van der Waals surface area contributed by atoms with E-state index in [1.807, 2.05) is 0 Å². The first-order valence-corrected chi connectivity index (χ1v) is 5.35. The minimum Gasteiger partial charge on any atom is -0.0841 e. The topological polar surface area (TPSA) is 0 Å². The summed E-state index contributed by atoms with van der Waals surface area (Å²) in [6.07, 6.45) is 12.8. The van der Waals surface area contributed by atoms with E-state index < -0.39 is 0 Å². The molecule has 1 aliphatic carbocycles. The van der Waals surface area contributed by atoms with Gasteiger partial charge in [0.15, 0.2) is 0 Å². The molecule has 0 heterocycles. The Labute approximate surface area is 82.0 Å². The van der Waals surface area contributed by atoms with Crippen LogP contribution < -0.4 is 0 Å². The Morgan fingerprint density at radius 3 is 2.38 bits per heavy atom. The standard InChI is InChI=1S/C13H20/c1-4-11-7-9-13(10-8-11)12(5-2)6-3/h4,7,9-10,12H,5-6,8H2,1-3H3/b11-4+. The Morgan fingerprint density at radius 2 is 2.00 bits per heavy atom. The molecule has 0 spiro atoms. The van der Waals surface area contributed by atoms with Gasteiger partial charge in [-0.3, -0.25) is 0 Å². The Hall–Kier alpha value is -0.780. The highest BCUT2D eigenvalue weighted by molar-refractivity contribution is 5.36. The van der Waals surface area contributed by atoms with Crippen molar-refractivity contribution in [2.45, 2.75) is 40.0 Å². The zero-order valence-corrected chi connectivity index (χ0v) is 9.01. The smallest absolute Gasteiger partial charge is 0.00948 e. The number of rotatable bonds is 3. The van der Waals surface area contributed by atoms with E-state index in [0.717, 1.165) is 12.3 Å². The molecule has 0 aliphatic heterocycles. The van der Waals surface area contributed by atoms with Crippen molar-refractivity contribution >= 4 is 0 Å². The van der Waals surface area contributed by atoms with E-state index in [-0.39, 0.29) is 0 Å². The molecular weight excluding hydrogens is 156 g/mol. The number of hydrogen-bond acceptors (Lipinski definition) is 0. The van der Waals surface area contributed by atoms with E-state index in [2.05, 4.69) is 45.1 Å². The van der Waals surface area contributed by atoms with Crippen LogP contribution in [0.5, 0.6) is 0 Å². The Balaban J connectivity index is 2.65. The maximum absolute atomic E-state index is 2.38. The van der Waals surface area contributed by atoms with Crippen LogP contribution in [0.15, 0.2) is 35.5 Å². The molecule has 0 aromatic carbocycles. The lowest BCUT2D eigenvalue weighted by Crippen LogP contribution is -2.01. The van der Waals surface area contributed by atoms with Crippen molar-refractivity contribution in [2.24, 2.45) is 5.92 Å². The monoisotopic (exact) mass is 176 g/mol. The van der Waals surface area contributed by atoms with Gasteiger partial charge in [-0.1, -0.05) is 38.2 Å². The zero-order valence-electron chi connectivity index (χ0n) is 9.01. The highest BCUT2D eigenvalue weighted by Gasteiger charge is 2.09. The third-order valence-corrected chi connectivity index (χ3v) is 2.89. The molecular formula is C13H20. The maximum Gasteiger partial charge on any atom is -0.00948 e. The Kier molecular flexibility index (Phi) is 4.01. The van der Waals surface area contributed by atoms with E-state index in [4.69, 9.17) is 0 Å². The van der Waals surface area contributed by atoms with Crippen LogP contribution in [0.1, 0.15) is 40.0 Å². The zero-order chi connectivity index (χ0) is 9.68. The lowest BCUT2D eigenvalue weighted by Gasteiger charge is -2.17. The summed E-state index contributed by atoms with van der Waals surface area (Å²) in [5.74, 6) is 0.773. The quantitative estimate of drug-likeness (QED) is 0.603. The second kappa shape index (κ2) is 5.06. The van der Waals surface area contributed by atoms with Crippen molar-refractivity contribution in [3.05, 3.63) is 35.5 Å². The fraction of sp³-hybridized carbons (Fsp3) is 0.538. The second-order valence-corrected chi connectivity index (χ2v) is 3.62. The minimum absolute atomic E-state index is 0.773. The number of allylic oxidation sites excluding steroid dienone is 6. The predicted octanol–water partition coefficient (Wildman–Crippen LogP) is 4.26. The van der Waals surface area contributed by atoms with Crippen LogP contribution in [0.25, 0.3) is 0 Å². The molecule has 0 unspecified atom stereocenters. The first-order valence-electron chi connectivity index (χ1n) is 5.35. The Morgan fingerprint density at radius 1 is 1.31 bits per heavy atom. The van der Waals surface area contributed by atoms with Crippen molar-refractivity contribution in [3.63, 3.8) is 0 Å². The van der Waals surface area contributed by atoms with Crippen molar-refractivity contribution in [3.8, 4) is 0 Å². The van der Waals surface area contributed by atoms with E-state index in [9.17, 15) is 0 Å². The lowest BCUT2D eigenvalue weighted by atomic mass is 9.89. The molecule has 0 aromatic rings. The molecule has 0 radical (unpaired) electrons. The fourth-order valence-electron chi connectivity index (χ4n) is 1.85. The maximum atomic E-state index is 2.38.